The Morgan fingerprint density at radius 1 is 1.39 bits per heavy atom. The Balaban J connectivity index is 2.26. The number of hydrogen-bond acceptors (Lipinski definition) is 4. The van der Waals surface area contributed by atoms with E-state index in [2.05, 4.69) is 9.97 Å². The standard InChI is InChI=1S/C13H11N3O2/c1-7-5-10(17)8(6-15-7)13-16-12-9(14)3-2-4-11(12)18-13/h2-6H,14H2,1H3,(H,15,17). The molecule has 0 aliphatic heterocycles. The van der Waals surface area contributed by atoms with E-state index in [1.807, 2.05) is 6.92 Å². The molecular weight excluding hydrogens is 230 g/mol. The Morgan fingerprint density at radius 3 is 2.94 bits per heavy atom. The van der Waals surface area contributed by atoms with Crippen LogP contribution in [0.3, 0.4) is 0 Å². The molecule has 3 aromatic rings. The number of fused-ring (bicyclic) bond motifs is 1. The van der Waals surface area contributed by atoms with Crippen LogP contribution in [0.5, 0.6) is 0 Å². The predicted octanol–water partition coefficient (Wildman–Crippen LogP) is 2.07. The Hall–Kier alpha value is -2.56. The highest BCUT2D eigenvalue weighted by Gasteiger charge is 2.12. The number of nitrogen functional groups attached to an aromatic ring is 1. The first-order valence-electron chi connectivity index (χ1n) is 5.50. The van der Waals surface area contributed by atoms with E-state index in [4.69, 9.17) is 10.2 Å². The second kappa shape index (κ2) is 3.73. The maximum absolute atomic E-state index is 11.9. The van der Waals surface area contributed by atoms with Gasteiger partial charge in [0.2, 0.25) is 5.89 Å². The molecule has 3 N–H and O–H groups in total. The van der Waals surface area contributed by atoms with Gasteiger partial charge >= 0.3 is 0 Å². The average Bonchev–Trinajstić information content (AvgIpc) is 2.74. The molecule has 1 aromatic carbocycles. The van der Waals surface area contributed by atoms with Crippen molar-refractivity contribution in [2.45, 2.75) is 6.92 Å². The number of aromatic amines is 1. The van der Waals surface area contributed by atoms with Crippen molar-refractivity contribution in [1.82, 2.24) is 9.97 Å². The molecule has 0 fully saturated rings. The summed E-state index contributed by atoms with van der Waals surface area (Å²) in [6, 6.07) is 6.80. The van der Waals surface area contributed by atoms with Crippen molar-refractivity contribution in [3.8, 4) is 11.5 Å². The van der Waals surface area contributed by atoms with Crippen molar-refractivity contribution >= 4 is 16.8 Å². The number of benzene rings is 1. The Morgan fingerprint density at radius 2 is 2.22 bits per heavy atom. The fourth-order valence-corrected chi connectivity index (χ4v) is 1.83. The number of para-hydroxylation sites is 1. The van der Waals surface area contributed by atoms with Crippen molar-refractivity contribution in [2.24, 2.45) is 0 Å². The number of anilines is 1. The molecule has 5 nitrogen and oxygen atoms in total. The number of pyridine rings is 1. The molecule has 90 valence electrons. The molecule has 0 saturated carbocycles. The van der Waals surface area contributed by atoms with E-state index < -0.39 is 0 Å². The van der Waals surface area contributed by atoms with Crippen LogP contribution in [0.1, 0.15) is 5.69 Å². The smallest absolute Gasteiger partial charge is 0.232 e. The predicted molar refractivity (Wildman–Crippen MR) is 69.2 cm³/mol. The minimum Gasteiger partial charge on any atom is -0.436 e. The third kappa shape index (κ3) is 1.57. The SMILES string of the molecule is Cc1cc(=O)c(-c2nc3c(N)cccc3o2)c[nH]1. The van der Waals surface area contributed by atoms with Gasteiger partial charge in [-0.05, 0) is 19.1 Å². The van der Waals surface area contributed by atoms with Crippen LogP contribution in [0, 0.1) is 6.92 Å². The molecule has 0 atom stereocenters. The molecule has 3 rings (SSSR count). The van der Waals surface area contributed by atoms with Crippen LogP contribution in [0.15, 0.2) is 39.7 Å². The van der Waals surface area contributed by atoms with Crippen LogP contribution in [-0.4, -0.2) is 9.97 Å². The summed E-state index contributed by atoms with van der Waals surface area (Å²) in [6.45, 7) is 1.81. The average molecular weight is 241 g/mol. The topological polar surface area (TPSA) is 84.9 Å². The van der Waals surface area contributed by atoms with Crippen molar-refractivity contribution in [3.63, 3.8) is 0 Å². The molecule has 0 radical (unpaired) electrons. The molecule has 0 unspecified atom stereocenters. The van der Waals surface area contributed by atoms with Crippen LogP contribution in [0.2, 0.25) is 0 Å². The van der Waals surface area contributed by atoms with Crippen LogP contribution in [0.4, 0.5) is 5.69 Å². The van der Waals surface area contributed by atoms with Crippen LogP contribution < -0.4 is 11.2 Å². The van der Waals surface area contributed by atoms with E-state index in [0.717, 1.165) is 5.69 Å². The van der Waals surface area contributed by atoms with Crippen LogP contribution >= 0.6 is 0 Å². The molecule has 0 aliphatic carbocycles. The van der Waals surface area contributed by atoms with Gasteiger partial charge in [-0.1, -0.05) is 6.07 Å². The van der Waals surface area contributed by atoms with Gasteiger partial charge in [0.25, 0.3) is 0 Å². The number of nitrogens with one attached hydrogen (secondary N) is 1. The van der Waals surface area contributed by atoms with E-state index in [0.29, 0.717) is 22.4 Å². The van der Waals surface area contributed by atoms with Gasteiger partial charge in [-0.2, -0.15) is 0 Å². The zero-order valence-electron chi connectivity index (χ0n) is 9.73. The van der Waals surface area contributed by atoms with Crippen molar-refractivity contribution in [3.05, 3.63) is 46.4 Å². The molecule has 0 bridgehead atoms. The normalized spacial score (nSPS) is 10.9. The second-order valence-electron chi connectivity index (χ2n) is 4.11. The maximum atomic E-state index is 11.9. The highest BCUT2D eigenvalue weighted by Crippen LogP contribution is 2.25. The van der Waals surface area contributed by atoms with E-state index in [1.54, 1.807) is 24.4 Å². The zero-order valence-corrected chi connectivity index (χ0v) is 9.73. The van der Waals surface area contributed by atoms with Crippen LogP contribution in [-0.2, 0) is 0 Å². The van der Waals surface area contributed by atoms with E-state index in [9.17, 15) is 4.79 Å². The van der Waals surface area contributed by atoms with Gasteiger partial charge in [0.1, 0.15) is 11.1 Å². The number of nitrogens with zero attached hydrogens (tertiary/aromatic N) is 1. The monoisotopic (exact) mass is 241 g/mol. The summed E-state index contributed by atoms with van der Waals surface area (Å²) >= 11 is 0. The molecule has 2 aromatic heterocycles. The second-order valence-corrected chi connectivity index (χ2v) is 4.11. The number of rotatable bonds is 1. The number of aromatic nitrogens is 2. The largest absolute Gasteiger partial charge is 0.436 e. The highest BCUT2D eigenvalue weighted by atomic mass is 16.3. The molecule has 2 heterocycles. The molecule has 0 amide bonds. The third-order valence-electron chi connectivity index (χ3n) is 2.74. The van der Waals surface area contributed by atoms with Crippen molar-refractivity contribution < 1.29 is 4.42 Å². The van der Waals surface area contributed by atoms with Crippen molar-refractivity contribution in [1.29, 1.82) is 0 Å². The lowest BCUT2D eigenvalue weighted by atomic mass is 10.2. The zero-order chi connectivity index (χ0) is 12.7. The first-order valence-corrected chi connectivity index (χ1v) is 5.50. The van der Waals surface area contributed by atoms with Gasteiger partial charge in [-0.3, -0.25) is 4.79 Å². The summed E-state index contributed by atoms with van der Waals surface area (Å²) in [5.41, 5.74) is 8.55. The quantitative estimate of drug-likeness (QED) is 0.639. The minimum atomic E-state index is -0.128. The summed E-state index contributed by atoms with van der Waals surface area (Å²) in [5.74, 6) is 0.282. The van der Waals surface area contributed by atoms with Gasteiger partial charge in [0, 0.05) is 18.0 Å². The van der Waals surface area contributed by atoms with Gasteiger partial charge in [-0.25, -0.2) is 4.98 Å². The lowest BCUT2D eigenvalue weighted by Crippen LogP contribution is -2.05. The van der Waals surface area contributed by atoms with Gasteiger partial charge < -0.3 is 15.1 Å². The molecular formula is C13H11N3O2. The lowest BCUT2D eigenvalue weighted by molar-refractivity contribution is 0.618. The Labute approximate surface area is 102 Å². The number of hydrogen-bond donors (Lipinski definition) is 2. The fraction of sp³-hybridized carbons (Fsp3) is 0.0769. The molecule has 5 heteroatoms. The summed E-state index contributed by atoms with van der Waals surface area (Å²) in [4.78, 5) is 19.1. The minimum absolute atomic E-state index is 0.128. The molecule has 18 heavy (non-hydrogen) atoms. The summed E-state index contributed by atoms with van der Waals surface area (Å²) < 4.78 is 5.54. The van der Waals surface area contributed by atoms with Gasteiger partial charge in [0.05, 0.1) is 5.69 Å². The number of nitrogens with two attached hydrogens (primary N) is 1. The van der Waals surface area contributed by atoms with E-state index in [1.165, 1.54) is 6.07 Å². The van der Waals surface area contributed by atoms with Gasteiger partial charge in [-0.15, -0.1) is 0 Å². The molecule has 0 spiro atoms. The molecule has 0 saturated heterocycles. The van der Waals surface area contributed by atoms with E-state index >= 15 is 0 Å². The fourth-order valence-electron chi connectivity index (χ4n) is 1.83. The summed E-state index contributed by atoms with van der Waals surface area (Å²) in [7, 11) is 0. The highest BCUT2D eigenvalue weighted by molar-refractivity contribution is 5.87. The first-order chi connectivity index (χ1) is 8.65. The van der Waals surface area contributed by atoms with Crippen LogP contribution in [0.25, 0.3) is 22.6 Å². The van der Waals surface area contributed by atoms with Crippen molar-refractivity contribution in [2.75, 3.05) is 5.73 Å². The first kappa shape index (κ1) is 10.6. The summed E-state index contributed by atoms with van der Waals surface area (Å²) in [5, 5.41) is 0. The molecule has 0 aliphatic rings. The third-order valence-corrected chi connectivity index (χ3v) is 2.74. The number of H-pyrrole nitrogens is 1. The Kier molecular flexibility index (Phi) is 2.19. The lowest BCUT2D eigenvalue weighted by Gasteiger charge is -1.95. The number of oxazole rings is 1. The maximum Gasteiger partial charge on any atom is 0.232 e. The Bertz CT molecular complexity index is 786. The summed E-state index contributed by atoms with van der Waals surface area (Å²) in [6.07, 6.45) is 1.60. The van der Waals surface area contributed by atoms with Gasteiger partial charge in [0.15, 0.2) is 11.0 Å². The number of aryl methyl sites for hydroxylation is 1. The van der Waals surface area contributed by atoms with E-state index in [-0.39, 0.29) is 11.3 Å².